The lowest BCUT2D eigenvalue weighted by Crippen LogP contribution is -2.43. The first-order chi connectivity index (χ1) is 6.65. The maximum absolute atomic E-state index is 10.8. The summed E-state index contributed by atoms with van der Waals surface area (Å²) in [6, 6.07) is -0.324. The molecule has 4 heteroatoms. The van der Waals surface area contributed by atoms with Crippen molar-refractivity contribution in [3.05, 3.63) is 0 Å². The minimum Gasteiger partial charge on any atom is -0.480 e. The molecule has 0 aromatic carbocycles. The fraction of sp³-hybridized carbons (Fsp3) is 0.900. The summed E-state index contributed by atoms with van der Waals surface area (Å²) in [7, 11) is 0. The van der Waals surface area contributed by atoms with Gasteiger partial charge in [0.1, 0.15) is 6.04 Å². The van der Waals surface area contributed by atoms with Crippen LogP contribution in [0.25, 0.3) is 0 Å². The number of nitrogens with one attached hydrogen (secondary N) is 1. The third kappa shape index (κ3) is 1.77. The zero-order chi connectivity index (χ0) is 10.2. The predicted molar refractivity (Wildman–Crippen MR) is 57.4 cm³/mol. The largest absolute Gasteiger partial charge is 0.480 e. The quantitative estimate of drug-likeness (QED) is 0.736. The van der Waals surface area contributed by atoms with E-state index in [2.05, 4.69) is 12.2 Å². The molecule has 1 saturated carbocycles. The van der Waals surface area contributed by atoms with Gasteiger partial charge in [0, 0.05) is 5.75 Å². The molecule has 0 amide bonds. The van der Waals surface area contributed by atoms with Crippen LogP contribution in [0.15, 0.2) is 0 Å². The Morgan fingerprint density at radius 3 is 3.00 bits per heavy atom. The Labute approximate surface area is 88.6 Å². The van der Waals surface area contributed by atoms with E-state index in [9.17, 15) is 4.79 Å². The first kappa shape index (κ1) is 10.3. The van der Waals surface area contributed by atoms with Crippen molar-refractivity contribution in [2.75, 3.05) is 5.75 Å². The molecule has 0 aromatic rings. The molecule has 2 N–H and O–H groups in total. The number of aliphatic carboxylic acids is 1. The number of carboxylic acid groups (broad SMARTS) is 1. The van der Waals surface area contributed by atoms with Crippen LogP contribution in [0.1, 0.15) is 32.6 Å². The minimum atomic E-state index is -0.700. The van der Waals surface area contributed by atoms with Crippen LogP contribution in [0.4, 0.5) is 0 Å². The molecule has 1 saturated heterocycles. The van der Waals surface area contributed by atoms with Crippen LogP contribution in [-0.2, 0) is 4.79 Å². The number of hydrogen-bond acceptors (Lipinski definition) is 3. The van der Waals surface area contributed by atoms with Crippen LogP contribution in [0, 0.1) is 5.92 Å². The van der Waals surface area contributed by atoms with Gasteiger partial charge in [0.15, 0.2) is 0 Å². The minimum absolute atomic E-state index is 0.101. The van der Waals surface area contributed by atoms with Gasteiger partial charge in [-0.3, -0.25) is 10.1 Å². The molecule has 1 spiro atoms. The van der Waals surface area contributed by atoms with Crippen molar-refractivity contribution >= 4 is 17.7 Å². The van der Waals surface area contributed by atoms with Gasteiger partial charge in [0.25, 0.3) is 0 Å². The van der Waals surface area contributed by atoms with E-state index in [4.69, 9.17) is 5.11 Å². The Morgan fingerprint density at radius 1 is 1.71 bits per heavy atom. The fourth-order valence-electron chi connectivity index (χ4n) is 2.50. The van der Waals surface area contributed by atoms with Crippen LogP contribution >= 0.6 is 11.8 Å². The Hall–Kier alpha value is -0.220. The van der Waals surface area contributed by atoms with Crippen molar-refractivity contribution < 1.29 is 9.90 Å². The average molecular weight is 215 g/mol. The fourth-order valence-corrected chi connectivity index (χ4v) is 4.05. The second-order valence-electron chi connectivity index (χ2n) is 4.36. The Bertz CT molecular complexity index is 246. The summed E-state index contributed by atoms with van der Waals surface area (Å²) < 4.78 is 0. The summed E-state index contributed by atoms with van der Waals surface area (Å²) >= 11 is 1.82. The SMILES string of the molecule is CCC1CCC2(C1)N[C@H](C(=O)O)CS2. The monoisotopic (exact) mass is 215 g/mol. The molecule has 3 nitrogen and oxygen atoms in total. The molecule has 1 heterocycles. The molecular weight excluding hydrogens is 198 g/mol. The van der Waals surface area contributed by atoms with E-state index in [-0.39, 0.29) is 10.9 Å². The smallest absolute Gasteiger partial charge is 0.321 e. The summed E-state index contributed by atoms with van der Waals surface area (Å²) in [6.07, 6.45) is 4.77. The second-order valence-corrected chi connectivity index (χ2v) is 5.76. The summed E-state index contributed by atoms with van der Waals surface area (Å²) in [6.45, 7) is 2.22. The highest BCUT2D eigenvalue weighted by molar-refractivity contribution is 8.01. The predicted octanol–water partition coefficient (Wildman–Crippen LogP) is 1.68. The van der Waals surface area contributed by atoms with Crippen molar-refractivity contribution in [3.8, 4) is 0 Å². The average Bonchev–Trinajstić information content (AvgIpc) is 2.74. The van der Waals surface area contributed by atoms with Gasteiger partial charge in [-0.1, -0.05) is 13.3 Å². The summed E-state index contributed by atoms with van der Waals surface area (Å²) in [4.78, 5) is 10.9. The first-order valence-electron chi connectivity index (χ1n) is 5.30. The van der Waals surface area contributed by atoms with Crippen LogP contribution < -0.4 is 5.32 Å². The molecule has 0 aromatic heterocycles. The molecule has 80 valence electrons. The van der Waals surface area contributed by atoms with Crippen LogP contribution in [0.5, 0.6) is 0 Å². The molecule has 2 fully saturated rings. The van der Waals surface area contributed by atoms with Crippen molar-refractivity contribution in [1.29, 1.82) is 0 Å². The normalized spacial score (nSPS) is 42.1. The molecule has 1 aliphatic heterocycles. The lowest BCUT2D eigenvalue weighted by Gasteiger charge is -2.23. The lowest BCUT2D eigenvalue weighted by atomic mass is 10.1. The van der Waals surface area contributed by atoms with Crippen molar-refractivity contribution in [2.24, 2.45) is 5.92 Å². The Balaban J connectivity index is 1.97. The zero-order valence-corrected chi connectivity index (χ0v) is 9.27. The molecule has 14 heavy (non-hydrogen) atoms. The van der Waals surface area contributed by atoms with E-state index in [0.29, 0.717) is 0 Å². The van der Waals surface area contributed by atoms with E-state index in [0.717, 1.165) is 24.5 Å². The lowest BCUT2D eigenvalue weighted by molar-refractivity contribution is -0.138. The summed E-state index contributed by atoms with van der Waals surface area (Å²) in [5, 5.41) is 12.2. The van der Waals surface area contributed by atoms with Crippen LogP contribution in [-0.4, -0.2) is 27.7 Å². The third-order valence-electron chi connectivity index (χ3n) is 3.41. The Morgan fingerprint density at radius 2 is 2.50 bits per heavy atom. The topological polar surface area (TPSA) is 49.3 Å². The number of thioether (sulfide) groups is 1. The van der Waals surface area contributed by atoms with E-state index in [1.165, 1.54) is 12.8 Å². The standard InChI is InChI=1S/C10H17NO2S/c1-2-7-3-4-10(5-7)11-8(6-14-10)9(12)13/h7-8,11H,2-6H2,1H3,(H,12,13)/t7?,8-,10?/m0/s1. The highest BCUT2D eigenvalue weighted by atomic mass is 32.2. The van der Waals surface area contributed by atoms with Crippen LogP contribution in [0.2, 0.25) is 0 Å². The van der Waals surface area contributed by atoms with Crippen molar-refractivity contribution in [3.63, 3.8) is 0 Å². The number of hydrogen-bond donors (Lipinski definition) is 2. The maximum atomic E-state index is 10.8. The summed E-state index contributed by atoms with van der Waals surface area (Å²) in [5.74, 6) is 0.822. The van der Waals surface area contributed by atoms with Crippen molar-refractivity contribution in [2.45, 2.75) is 43.5 Å². The molecular formula is C10H17NO2S. The molecule has 0 radical (unpaired) electrons. The number of rotatable bonds is 2. The number of carboxylic acids is 1. The molecule has 3 atom stereocenters. The van der Waals surface area contributed by atoms with Gasteiger partial charge < -0.3 is 5.11 Å². The van der Waals surface area contributed by atoms with Gasteiger partial charge in [0.05, 0.1) is 4.87 Å². The maximum Gasteiger partial charge on any atom is 0.321 e. The van der Waals surface area contributed by atoms with E-state index in [1.807, 2.05) is 11.8 Å². The number of carbonyl (C=O) groups is 1. The van der Waals surface area contributed by atoms with Crippen molar-refractivity contribution in [1.82, 2.24) is 5.32 Å². The van der Waals surface area contributed by atoms with Gasteiger partial charge >= 0.3 is 5.97 Å². The molecule has 2 rings (SSSR count). The van der Waals surface area contributed by atoms with Gasteiger partial charge in [-0.15, -0.1) is 11.8 Å². The Kier molecular flexibility index (Phi) is 2.75. The third-order valence-corrected chi connectivity index (χ3v) is 4.96. The summed E-state index contributed by atoms with van der Waals surface area (Å²) in [5.41, 5.74) is 0. The van der Waals surface area contributed by atoms with E-state index >= 15 is 0 Å². The van der Waals surface area contributed by atoms with Gasteiger partial charge in [-0.2, -0.15) is 0 Å². The highest BCUT2D eigenvalue weighted by Crippen LogP contribution is 2.47. The molecule has 2 unspecified atom stereocenters. The van der Waals surface area contributed by atoms with Gasteiger partial charge in [-0.25, -0.2) is 0 Å². The first-order valence-corrected chi connectivity index (χ1v) is 6.28. The zero-order valence-electron chi connectivity index (χ0n) is 8.45. The molecule has 0 bridgehead atoms. The van der Waals surface area contributed by atoms with E-state index < -0.39 is 5.97 Å². The highest BCUT2D eigenvalue weighted by Gasteiger charge is 2.46. The van der Waals surface area contributed by atoms with Gasteiger partial charge in [-0.05, 0) is 25.2 Å². The van der Waals surface area contributed by atoms with E-state index in [1.54, 1.807) is 0 Å². The molecule has 1 aliphatic carbocycles. The van der Waals surface area contributed by atoms with Crippen LogP contribution in [0.3, 0.4) is 0 Å². The molecule has 2 aliphatic rings. The second kappa shape index (κ2) is 3.74. The van der Waals surface area contributed by atoms with Gasteiger partial charge in [0.2, 0.25) is 0 Å².